The van der Waals surface area contributed by atoms with Crippen molar-refractivity contribution in [2.75, 3.05) is 0 Å². The third-order valence-electron chi connectivity index (χ3n) is 1.54. The minimum absolute atomic E-state index is 0.0709. The zero-order chi connectivity index (χ0) is 10.6. The number of carbonyl (C=O) groups excluding carboxylic acids is 1. The second-order valence-corrected chi connectivity index (χ2v) is 3.24. The number of ether oxygens (including phenoxy) is 1. The van der Waals surface area contributed by atoms with Crippen LogP contribution in [0.4, 0.5) is 0 Å². The Bertz CT molecular complexity index is 347. The fourth-order valence-corrected chi connectivity index (χ4v) is 0.998. The molecule has 1 aromatic heterocycles. The molecule has 1 heterocycles. The fraction of sp³-hybridized carbons (Fsp3) is 0.400. The summed E-state index contributed by atoms with van der Waals surface area (Å²) in [5.41, 5.74) is -0.0709. The summed E-state index contributed by atoms with van der Waals surface area (Å²) in [6.07, 6.45) is 3.01. The predicted octanol–water partition coefficient (Wildman–Crippen LogP) is 0.800. The quantitative estimate of drug-likeness (QED) is 0.670. The van der Waals surface area contributed by atoms with E-state index in [9.17, 15) is 9.59 Å². The van der Waals surface area contributed by atoms with Gasteiger partial charge in [0.15, 0.2) is 5.43 Å². The van der Waals surface area contributed by atoms with E-state index in [1.54, 1.807) is 30.8 Å². The van der Waals surface area contributed by atoms with Gasteiger partial charge in [-0.2, -0.15) is 0 Å². The molecule has 0 unspecified atom stereocenters. The maximum Gasteiger partial charge on any atom is 0.326 e. The number of hydrogen-bond acceptors (Lipinski definition) is 3. The van der Waals surface area contributed by atoms with Gasteiger partial charge < -0.3 is 9.30 Å². The topological polar surface area (TPSA) is 48.3 Å². The van der Waals surface area contributed by atoms with Gasteiger partial charge in [-0.05, 0) is 13.8 Å². The number of rotatable bonds is 3. The molecule has 0 aliphatic carbocycles. The number of pyridine rings is 1. The monoisotopic (exact) mass is 195 g/mol. The Labute approximate surface area is 82.1 Å². The molecule has 0 aliphatic heterocycles. The highest BCUT2D eigenvalue weighted by Crippen LogP contribution is 1.92. The molecule has 0 spiro atoms. The summed E-state index contributed by atoms with van der Waals surface area (Å²) in [7, 11) is 0. The minimum Gasteiger partial charge on any atom is -0.462 e. The highest BCUT2D eigenvalue weighted by molar-refractivity contribution is 5.69. The standard InChI is InChI=1S/C10H13NO3/c1-8(2)14-10(13)7-11-5-3-9(12)4-6-11/h3-6,8H,7H2,1-2H3. The summed E-state index contributed by atoms with van der Waals surface area (Å²) in [6.45, 7) is 3.73. The molecule has 0 radical (unpaired) electrons. The lowest BCUT2D eigenvalue weighted by molar-refractivity contribution is -0.148. The summed E-state index contributed by atoms with van der Waals surface area (Å²) in [5.74, 6) is -0.302. The van der Waals surface area contributed by atoms with Crippen LogP contribution in [0.1, 0.15) is 13.8 Å². The van der Waals surface area contributed by atoms with Gasteiger partial charge in [0.05, 0.1) is 6.10 Å². The molecule has 0 saturated carbocycles. The molecular formula is C10H13NO3. The average Bonchev–Trinajstić information content (AvgIpc) is 2.07. The smallest absolute Gasteiger partial charge is 0.326 e. The molecule has 0 saturated heterocycles. The van der Waals surface area contributed by atoms with Gasteiger partial charge in [-0.25, -0.2) is 0 Å². The Morgan fingerprint density at radius 1 is 1.43 bits per heavy atom. The van der Waals surface area contributed by atoms with Crippen molar-refractivity contribution < 1.29 is 9.53 Å². The fourth-order valence-electron chi connectivity index (χ4n) is 0.998. The van der Waals surface area contributed by atoms with Crippen LogP contribution in [0.3, 0.4) is 0 Å². The van der Waals surface area contributed by atoms with E-state index < -0.39 is 0 Å². The van der Waals surface area contributed by atoms with Crippen molar-refractivity contribution >= 4 is 5.97 Å². The first-order valence-corrected chi connectivity index (χ1v) is 4.43. The lowest BCUT2D eigenvalue weighted by atomic mass is 10.4. The molecule has 76 valence electrons. The van der Waals surface area contributed by atoms with Gasteiger partial charge in [-0.3, -0.25) is 9.59 Å². The van der Waals surface area contributed by atoms with Gasteiger partial charge in [0.25, 0.3) is 0 Å². The van der Waals surface area contributed by atoms with Crippen LogP contribution in [-0.4, -0.2) is 16.6 Å². The summed E-state index contributed by atoms with van der Waals surface area (Å²) >= 11 is 0. The van der Waals surface area contributed by atoms with E-state index in [1.807, 2.05) is 0 Å². The Morgan fingerprint density at radius 2 is 2.00 bits per heavy atom. The van der Waals surface area contributed by atoms with Crippen molar-refractivity contribution in [3.8, 4) is 0 Å². The van der Waals surface area contributed by atoms with E-state index in [0.717, 1.165) is 0 Å². The summed E-state index contributed by atoms with van der Waals surface area (Å²) in [6, 6.07) is 2.81. The molecule has 0 atom stereocenters. The van der Waals surface area contributed by atoms with Crippen LogP contribution in [0.15, 0.2) is 29.3 Å². The van der Waals surface area contributed by atoms with Crippen molar-refractivity contribution in [1.82, 2.24) is 4.57 Å². The van der Waals surface area contributed by atoms with E-state index in [4.69, 9.17) is 4.74 Å². The van der Waals surface area contributed by atoms with Crippen molar-refractivity contribution in [1.29, 1.82) is 0 Å². The van der Waals surface area contributed by atoms with Crippen molar-refractivity contribution in [3.05, 3.63) is 34.7 Å². The van der Waals surface area contributed by atoms with E-state index in [0.29, 0.717) is 0 Å². The maximum absolute atomic E-state index is 11.2. The van der Waals surface area contributed by atoms with Crippen molar-refractivity contribution in [2.24, 2.45) is 0 Å². The number of nitrogens with zero attached hydrogens (tertiary/aromatic N) is 1. The third kappa shape index (κ3) is 3.43. The Morgan fingerprint density at radius 3 is 2.50 bits per heavy atom. The van der Waals surface area contributed by atoms with Gasteiger partial charge in [0.1, 0.15) is 6.54 Å². The summed E-state index contributed by atoms with van der Waals surface area (Å²) in [5, 5.41) is 0. The van der Waals surface area contributed by atoms with E-state index in [1.165, 1.54) is 12.1 Å². The highest BCUT2D eigenvalue weighted by atomic mass is 16.5. The Hall–Kier alpha value is -1.58. The van der Waals surface area contributed by atoms with Gasteiger partial charge in [-0.15, -0.1) is 0 Å². The Kier molecular flexibility index (Phi) is 3.45. The molecule has 0 aliphatic rings. The van der Waals surface area contributed by atoms with Crippen molar-refractivity contribution in [3.63, 3.8) is 0 Å². The van der Waals surface area contributed by atoms with Crippen LogP contribution < -0.4 is 5.43 Å². The normalized spacial score (nSPS) is 10.2. The SMILES string of the molecule is CC(C)OC(=O)Cn1ccc(=O)cc1. The molecule has 0 aromatic carbocycles. The second-order valence-electron chi connectivity index (χ2n) is 3.24. The number of hydrogen-bond donors (Lipinski definition) is 0. The first-order chi connectivity index (χ1) is 6.58. The van der Waals surface area contributed by atoms with Crippen LogP contribution >= 0.6 is 0 Å². The van der Waals surface area contributed by atoms with Crippen LogP contribution in [0.25, 0.3) is 0 Å². The molecule has 1 rings (SSSR count). The molecule has 4 heteroatoms. The second kappa shape index (κ2) is 4.60. The molecule has 4 nitrogen and oxygen atoms in total. The predicted molar refractivity (Wildman–Crippen MR) is 51.9 cm³/mol. The van der Waals surface area contributed by atoms with E-state index in [-0.39, 0.29) is 24.0 Å². The molecule has 1 aromatic rings. The minimum atomic E-state index is -0.302. The highest BCUT2D eigenvalue weighted by Gasteiger charge is 2.04. The average molecular weight is 195 g/mol. The van der Waals surface area contributed by atoms with Crippen LogP contribution in [-0.2, 0) is 16.1 Å². The molecule has 0 fully saturated rings. The zero-order valence-corrected chi connectivity index (χ0v) is 8.27. The van der Waals surface area contributed by atoms with E-state index >= 15 is 0 Å². The van der Waals surface area contributed by atoms with Crippen molar-refractivity contribution in [2.45, 2.75) is 26.5 Å². The van der Waals surface area contributed by atoms with Crippen LogP contribution in [0.5, 0.6) is 0 Å². The van der Waals surface area contributed by atoms with Gasteiger partial charge >= 0.3 is 5.97 Å². The van der Waals surface area contributed by atoms with Gasteiger partial charge in [0.2, 0.25) is 0 Å². The Balaban J connectivity index is 2.56. The largest absolute Gasteiger partial charge is 0.462 e. The number of esters is 1. The summed E-state index contributed by atoms with van der Waals surface area (Å²) < 4.78 is 6.55. The maximum atomic E-state index is 11.2. The molecule has 0 bridgehead atoms. The molecule has 0 amide bonds. The first kappa shape index (κ1) is 10.5. The van der Waals surface area contributed by atoms with Crippen LogP contribution in [0.2, 0.25) is 0 Å². The lowest BCUT2D eigenvalue weighted by Crippen LogP contribution is -2.18. The molecule has 0 N–H and O–H groups in total. The summed E-state index contributed by atoms with van der Waals surface area (Å²) in [4.78, 5) is 21.9. The zero-order valence-electron chi connectivity index (χ0n) is 8.27. The third-order valence-corrected chi connectivity index (χ3v) is 1.54. The van der Waals surface area contributed by atoms with Gasteiger partial charge in [-0.1, -0.05) is 0 Å². The number of carbonyl (C=O) groups is 1. The van der Waals surface area contributed by atoms with E-state index in [2.05, 4.69) is 0 Å². The van der Waals surface area contributed by atoms with Gasteiger partial charge in [0, 0.05) is 24.5 Å². The molecule has 14 heavy (non-hydrogen) atoms. The van der Waals surface area contributed by atoms with Crippen LogP contribution in [0, 0.1) is 0 Å². The first-order valence-electron chi connectivity index (χ1n) is 4.43. The molecular weight excluding hydrogens is 182 g/mol. The number of aromatic nitrogens is 1. The lowest BCUT2D eigenvalue weighted by Gasteiger charge is -2.09.